The lowest BCUT2D eigenvalue weighted by molar-refractivity contribution is -0.135. The Labute approximate surface area is 167 Å². The van der Waals surface area contributed by atoms with Crippen molar-refractivity contribution in [3.63, 3.8) is 0 Å². The van der Waals surface area contributed by atoms with E-state index in [2.05, 4.69) is 21.1 Å². The lowest BCUT2D eigenvalue weighted by Gasteiger charge is -2.10. The number of hydrogen-bond acceptors (Lipinski definition) is 4. The van der Waals surface area contributed by atoms with Crippen LogP contribution in [0.2, 0.25) is 10.0 Å². The van der Waals surface area contributed by atoms with Gasteiger partial charge in [0.25, 0.3) is 11.8 Å². The number of hydrazone groups is 2. The van der Waals surface area contributed by atoms with E-state index in [4.69, 9.17) is 23.2 Å². The van der Waals surface area contributed by atoms with Crippen LogP contribution in [0, 0.1) is 5.92 Å². The molecule has 0 radical (unpaired) electrons. The maximum atomic E-state index is 12.2. The standard InChI is InChI=1S/C19H18Cl2N4O2/c1-2-17(18(26)24-22-11-13-5-3-7-15(20)9-13)19(27)25-23-12-14-6-4-8-16(21)10-14/h3-12,17H,2H2,1H3,(H,24,26)(H,25,27)/b22-11+,23-12+. The SMILES string of the molecule is CCC(C(=O)N/N=C/c1cccc(Cl)c1)C(=O)N/N=C/c1cccc(Cl)c1. The van der Waals surface area contributed by atoms with Crippen molar-refractivity contribution in [1.82, 2.24) is 10.9 Å². The highest BCUT2D eigenvalue weighted by Crippen LogP contribution is 2.10. The zero-order valence-electron chi connectivity index (χ0n) is 14.5. The summed E-state index contributed by atoms with van der Waals surface area (Å²) in [5.41, 5.74) is 6.17. The molecule has 2 N–H and O–H groups in total. The van der Waals surface area contributed by atoms with Gasteiger partial charge in [-0.25, -0.2) is 10.9 Å². The van der Waals surface area contributed by atoms with Crippen LogP contribution in [-0.4, -0.2) is 24.2 Å². The van der Waals surface area contributed by atoms with Crippen molar-refractivity contribution >= 4 is 47.4 Å². The number of amides is 2. The Hall–Kier alpha value is -2.70. The van der Waals surface area contributed by atoms with Gasteiger partial charge in [-0.3, -0.25) is 9.59 Å². The van der Waals surface area contributed by atoms with Gasteiger partial charge >= 0.3 is 0 Å². The second kappa shape index (κ2) is 10.4. The highest BCUT2D eigenvalue weighted by Gasteiger charge is 2.24. The highest BCUT2D eigenvalue weighted by atomic mass is 35.5. The molecule has 0 fully saturated rings. The maximum Gasteiger partial charge on any atom is 0.252 e. The van der Waals surface area contributed by atoms with E-state index < -0.39 is 17.7 Å². The molecule has 2 amide bonds. The molecule has 0 aromatic heterocycles. The Morgan fingerprint density at radius 3 is 1.74 bits per heavy atom. The normalized spacial score (nSPS) is 11.3. The molecule has 0 spiro atoms. The first-order valence-corrected chi connectivity index (χ1v) is 8.92. The summed E-state index contributed by atoms with van der Waals surface area (Å²) in [6, 6.07) is 14.0. The molecule has 0 aliphatic heterocycles. The van der Waals surface area contributed by atoms with Gasteiger partial charge in [0.15, 0.2) is 0 Å². The van der Waals surface area contributed by atoms with Crippen LogP contribution in [0.4, 0.5) is 0 Å². The minimum absolute atomic E-state index is 0.303. The van der Waals surface area contributed by atoms with E-state index >= 15 is 0 Å². The third kappa shape index (κ3) is 6.84. The predicted octanol–water partition coefficient (Wildman–Crippen LogP) is 3.62. The summed E-state index contributed by atoms with van der Waals surface area (Å²) >= 11 is 11.8. The van der Waals surface area contributed by atoms with Crippen molar-refractivity contribution < 1.29 is 9.59 Å². The number of carbonyl (C=O) groups excluding carboxylic acids is 2. The molecule has 27 heavy (non-hydrogen) atoms. The molecule has 2 rings (SSSR count). The third-order valence-corrected chi connectivity index (χ3v) is 3.99. The van der Waals surface area contributed by atoms with E-state index in [1.54, 1.807) is 55.5 Å². The molecule has 2 aromatic rings. The van der Waals surface area contributed by atoms with Crippen molar-refractivity contribution in [2.75, 3.05) is 0 Å². The van der Waals surface area contributed by atoms with E-state index in [1.807, 2.05) is 0 Å². The van der Waals surface area contributed by atoms with Crippen molar-refractivity contribution in [1.29, 1.82) is 0 Å². The fourth-order valence-electron chi connectivity index (χ4n) is 2.16. The summed E-state index contributed by atoms with van der Waals surface area (Å²) in [4.78, 5) is 24.3. The number of nitrogens with zero attached hydrogens (tertiary/aromatic N) is 2. The Morgan fingerprint density at radius 2 is 1.37 bits per heavy atom. The second-order valence-corrected chi connectivity index (χ2v) is 6.41. The molecule has 2 aromatic carbocycles. The van der Waals surface area contributed by atoms with Gasteiger partial charge in [-0.2, -0.15) is 10.2 Å². The van der Waals surface area contributed by atoms with E-state index in [0.29, 0.717) is 16.5 Å². The molecule has 0 aliphatic carbocycles. The molecular formula is C19H18Cl2N4O2. The topological polar surface area (TPSA) is 82.9 Å². The summed E-state index contributed by atoms with van der Waals surface area (Å²) in [5.74, 6) is -1.96. The average Bonchev–Trinajstić information content (AvgIpc) is 2.62. The van der Waals surface area contributed by atoms with Crippen molar-refractivity contribution in [2.45, 2.75) is 13.3 Å². The minimum atomic E-state index is -0.918. The monoisotopic (exact) mass is 404 g/mol. The number of benzene rings is 2. The molecule has 0 aliphatic rings. The summed E-state index contributed by atoms with van der Waals surface area (Å²) < 4.78 is 0. The zero-order chi connectivity index (χ0) is 19.6. The fraction of sp³-hybridized carbons (Fsp3) is 0.158. The third-order valence-electron chi connectivity index (χ3n) is 3.52. The minimum Gasteiger partial charge on any atom is -0.272 e. The van der Waals surface area contributed by atoms with E-state index in [0.717, 1.165) is 11.1 Å². The molecule has 0 heterocycles. The second-order valence-electron chi connectivity index (χ2n) is 5.54. The Balaban J connectivity index is 1.90. The van der Waals surface area contributed by atoms with Gasteiger partial charge in [0.05, 0.1) is 12.4 Å². The van der Waals surface area contributed by atoms with Gasteiger partial charge in [0.1, 0.15) is 5.92 Å². The first-order chi connectivity index (χ1) is 13.0. The van der Waals surface area contributed by atoms with Crippen molar-refractivity contribution in [3.8, 4) is 0 Å². The fourth-order valence-corrected chi connectivity index (χ4v) is 2.56. The Bertz CT molecular complexity index is 799. The van der Waals surface area contributed by atoms with Gasteiger partial charge in [-0.05, 0) is 41.8 Å². The molecule has 6 nitrogen and oxygen atoms in total. The lowest BCUT2D eigenvalue weighted by Crippen LogP contribution is -2.37. The highest BCUT2D eigenvalue weighted by molar-refractivity contribution is 6.31. The van der Waals surface area contributed by atoms with Gasteiger partial charge < -0.3 is 0 Å². The molecule has 0 unspecified atom stereocenters. The molecule has 140 valence electrons. The summed E-state index contributed by atoms with van der Waals surface area (Å²) in [6.45, 7) is 1.73. The summed E-state index contributed by atoms with van der Waals surface area (Å²) in [7, 11) is 0. The average molecular weight is 405 g/mol. The van der Waals surface area contributed by atoms with Gasteiger partial charge in [0.2, 0.25) is 0 Å². The van der Waals surface area contributed by atoms with Crippen LogP contribution < -0.4 is 10.9 Å². The largest absolute Gasteiger partial charge is 0.272 e. The smallest absolute Gasteiger partial charge is 0.252 e. The van der Waals surface area contributed by atoms with Gasteiger partial charge in [-0.15, -0.1) is 0 Å². The quantitative estimate of drug-likeness (QED) is 0.419. The van der Waals surface area contributed by atoms with Gasteiger partial charge in [0, 0.05) is 10.0 Å². The van der Waals surface area contributed by atoms with Gasteiger partial charge in [-0.1, -0.05) is 54.4 Å². The van der Waals surface area contributed by atoms with Crippen LogP contribution >= 0.6 is 23.2 Å². The predicted molar refractivity (Wildman–Crippen MR) is 108 cm³/mol. The number of halogens is 2. The van der Waals surface area contributed by atoms with Crippen LogP contribution in [0.3, 0.4) is 0 Å². The molecule has 0 bridgehead atoms. The van der Waals surface area contributed by atoms with E-state index in [9.17, 15) is 9.59 Å². The molecule has 0 saturated heterocycles. The van der Waals surface area contributed by atoms with Crippen molar-refractivity contribution in [2.24, 2.45) is 16.1 Å². The molecular weight excluding hydrogens is 387 g/mol. The van der Waals surface area contributed by atoms with Crippen molar-refractivity contribution in [3.05, 3.63) is 69.7 Å². The molecule has 8 heteroatoms. The first kappa shape index (κ1) is 20.6. The van der Waals surface area contributed by atoms with E-state index in [-0.39, 0.29) is 0 Å². The Morgan fingerprint density at radius 1 is 0.926 bits per heavy atom. The van der Waals surface area contributed by atoms with Crippen LogP contribution in [0.1, 0.15) is 24.5 Å². The van der Waals surface area contributed by atoms with E-state index in [1.165, 1.54) is 12.4 Å². The molecule has 0 saturated carbocycles. The molecule has 0 atom stereocenters. The summed E-state index contributed by atoms with van der Waals surface area (Å²) in [5, 5.41) is 8.84. The van der Waals surface area contributed by atoms with Crippen LogP contribution in [0.5, 0.6) is 0 Å². The van der Waals surface area contributed by atoms with Crippen LogP contribution in [-0.2, 0) is 9.59 Å². The van der Waals surface area contributed by atoms with Crippen LogP contribution in [0.15, 0.2) is 58.7 Å². The number of rotatable bonds is 7. The number of hydrogen-bond donors (Lipinski definition) is 2. The summed E-state index contributed by atoms with van der Waals surface area (Å²) in [6.07, 6.45) is 3.20. The Kier molecular flexibility index (Phi) is 7.98. The van der Waals surface area contributed by atoms with Crippen LogP contribution in [0.25, 0.3) is 0 Å². The number of carbonyl (C=O) groups is 2. The first-order valence-electron chi connectivity index (χ1n) is 8.16. The zero-order valence-corrected chi connectivity index (χ0v) is 16.0. The number of nitrogens with one attached hydrogen (secondary N) is 2. The lowest BCUT2D eigenvalue weighted by atomic mass is 10.1. The maximum absolute atomic E-state index is 12.2.